The fourth-order valence-electron chi connectivity index (χ4n) is 0.762. The molecule has 0 heterocycles. The van der Waals surface area contributed by atoms with Crippen molar-refractivity contribution in [3.8, 4) is 0 Å². The highest BCUT2D eigenvalue weighted by Crippen LogP contribution is 1.97. The molecule has 4 heteroatoms. The lowest BCUT2D eigenvalue weighted by atomic mass is 10.3. The smallest absolute Gasteiger partial charge is 0.283 e. The summed E-state index contributed by atoms with van der Waals surface area (Å²) in [6, 6.07) is 0. The van der Waals surface area contributed by atoms with E-state index >= 15 is 0 Å². The highest BCUT2D eigenvalue weighted by Gasteiger charge is 2.08. The molecule has 0 aliphatic carbocycles. The molecule has 0 aromatic rings. The van der Waals surface area contributed by atoms with Crippen molar-refractivity contribution in [2.24, 2.45) is 0 Å². The van der Waals surface area contributed by atoms with Crippen molar-refractivity contribution in [2.45, 2.75) is 26.7 Å². The first-order valence-electron chi connectivity index (χ1n) is 4.73. The van der Waals surface area contributed by atoms with Gasteiger partial charge in [0.1, 0.15) is 0 Å². The number of amides is 1. The molecule has 1 amide bonds. The maximum Gasteiger partial charge on any atom is 0.283 e. The van der Waals surface area contributed by atoms with Gasteiger partial charge in [0, 0.05) is 6.54 Å². The van der Waals surface area contributed by atoms with Gasteiger partial charge < -0.3 is 10.1 Å². The molecule has 0 radical (unpaired) electrons. The first kappa shape index (κ1) is 12.5. The van der Waals surface area contributed by atoms with E-state index < -0.39 is 0 Å². The molecule has 78 valence electrons. The molecule has 0 saturated carbocycles. The minimum atomic E-state index is -0.359. The van der Waals surface area contributed by atoms with Crippen molar-refractivity contribution in [1.29, 1.82) is 0 Å². The number of rotatable bonds is 6. The summed E-state index contributed by atoms with van der Waals surface area (Å²) in [6.07, 6.45) is 3.14. The lowest BCUT2D eigenvalue weighted by Crippen LogP contribution is -2.25. The summed E-state index contributed by atoms with van der Waals surface area (Å²) in [5.41, 5.74) is 0.00273. The quantitative estimate of drug-likeness (QED) is 0.304. The summed E-state index contributed by atoms with van der Waals surface area (Å²) in [5.74, 6) is -0.359. The average Bonchev–Trinajstić information content (AvgIpc) is 2.19. The third kappa shape index (κ3) is 5.20. The molecule has 0 rings (SSSR count). The van der Waals surface area contributed by atoms with Gasteiger partial charge in [0.05, 0.1) is 19.4 Å². The van der Waals surface area contributed by atoms with E-state index in [-0.39, 0.29) is 11.6 Å². The number of carbonyl (C=O) groups excluding carboxylic acids is 1. The molecule has 0 aromatic carbocycles. The second kappa shape index (κ2) is 8.11. The van der Waals surface area contributed by atoms with Crippen LogP contribution in [0.2, 0.25) is 0 Å². The van der Waals surface area contributed by atoms with E-state index in [4.69, 9.17) is 11.3 Å². The Bertz CT molecular complexity index is 241. The molecule has 1 N–H and O–H groups in total. The SMILES string of the molecule is [C-]#[N+]/C(=C/OCC)C(=O)NCCCC. The molecule has 14 heavy (non-hydrogen) atoms. The van der Waals surface area contributed by atoms with Crippen molar-refractivity contribution in [2.75, 3.05) is 13.2 Å². The second-order valence-electron chi connectivity index (χ2n) is 2.68. The van der Waals surface area contributed by atoms with Gasteiger partial charge >= 0.3 is 0 Å². The molecule has 0 aliphatic rings. The third-order valence-electron chi connectivity index (χ3n) is 1.53. The predicted molar refractivity (Wildman–Crippen MR) is 54.2 cm³/mol. The second-order valence-corrected chi connectivity index (χ2v) is 2.68. The number of nitrogens with zero attached hydrogens (tertiary/aromatic N) is 1. The minimum Gasteiger partial charge on any atom is -0.512 e. The zero-order valence-corrected chi connectivity index (χ0v) is 8.67. The van der Waals surface area contributed by atoms with E-state index in [9.17, 15) is 4.79 Å². The van der Waals surface area contributed by atoms with Crippen LogP contribution in [0.15, 0.2) is 12.0 Å². The summed E-state index contributed by atoms with van der Waals surface area (Å²) in [4.78, 5) is 14.4. The molecule has 0 saturated heterocycles. The Hall–Kier alpha value is -1.50. The van der Waals surface area contributed by atoms with Crippen molar-refractivity contribution in [1.82, 2.24) is 5.32 Å². The third-order valence-corrected chi connectivity index (χ3v) is 1.53. The largest absolute Gasteiger partial charge is 0.512 e. The van der Waals surface area contributed by atoms with Gasteiger partial charge in [0.15, 0.2) is 0 Å². The fourth-order valence-corrected chi connectivity index (χ4v) is 0.762. The Morgan fingerprint density at radius 2 is 2.29 bits per heavy atom. The van der Waals surface area contributed by atoms with Crippen molar-refractivity contribution < 1.29 is 9.53 Å². The number of carbonyl (C=O) groups is 1. The molecular formula is C10H16N2O2. The molecule has 0 aromatic heterocycles. The summed E-state index contributed by atoms with van der Waals surface area (Å²) >= 11 is 0. The number of unbranched alkanes of at least 4 members (excludes halogenated alkanes) is 1. The van der Waals surface area contributed by atoms with Gasteiger partial charge in [-0.25, -0.2) is 4.85 Å². The van der Waals surface area contributed by atoms with Gasteiger partial charge in [-0.1, -0.05) is 13.3 Å². The van der Waals surface area contributed by atoms with Crippen LogP contribution in [0.3, 0.4) is 0 Å². The van der Waals surface area contributed by atoms with E-state index in [0.717, 1.165) is 12.8 Å². The Morgan fingerprint density at radius 1 is 1.57 bits per heavy atom. The monoisotopic (exact) mass is 196 g/mol. The Balaban J connectivity index is 4.00. The van der Waals surface area contributed by atoms with E-state index in [1.807, 2.05) is 6.92 Å². The molecule has 0 atom stereocenters. The van der Waals surface area contributed by atoms with E-state index in [0.29, 0.717) is 13.2 Å². The van der Waals surface area contributed by atoms with Gasteiger partial charge in [-0.05, 0) is 13.3 Å². The van der Waals surface area contributed by atoms with Crippen molar-refractivity contribution in [3.63, 3.8) is 0 Å². The van der Waals surface area contributed by atoms with Crippen LogP contribution in [0.1, 0.15) is 26.7 Å². The van der Waals surface area contributed by atoms with Crippen LogP contribution >= 0.6 is 0 Å². The van der Waals surface area contributed by atoms with Crippen molar-refractivity contribution >= 4 is 5.91 Å². The van der Waals surface area contributed by atoms with Crippen LogP contribution in [0.25, 0.3) is 4.85 Å². The molecular weight excluding hydrogens is 180 g/mol. The first-order valence-corrected chi connectivity index (χ1v) is 4.73. The Kier molecular flexibility index (Phi) is 7.24. The minimum absolute atomic E-state index is 0.00273. The van der Waals surface area contributed by atoms with Crippen LogP contribution in [-0.2, 0) is 9.53 Å². The van der Waals surface area contributed by atoms with Crippen LogP contribution in [-0.4, -0.2) is 19.1 Å². The van der Waals surface area contributed by atoms with Crippen LogP contribution < -0.4 is 5.32 Å². The normalized spacial score (nSPS) is 10.5. The molecule has 0 bridgehead atoms. The van der Waals surface area contributed by atoms with Gasteiger partial charge in [-0.15, -0.1) is 0 Å². The summed E-state index contributed by atoms with van der Waals surface area (Å²) in [7, 11) is 0. The van der Waals surface area contributed by atoms with E-state index in [1.165, 1.54) is 6.26 Å². The zero-order valence-electron chi connectivity index (χ0n) is 8.67. The van der Waals surface area contributed by atoms with Gasteiger partial charge in [0.25, 0.3) is 11.6 Å². The van der Waals surface area contributed by atoms with Crippen LogP contribution in [0, 0.1) is 6.57 Å². The number of hydrogen-bond donors (Lipinski definition) is 1. The Morgan fingerprint density at radius 3 is 2.79 bits per heavy atom. The van der Waals surface area contributed by atoms with Gasteiger partial charge in [-0.2, -0.15) is 0 Å². The fraction of sp³-hybridized carbons (Fsp3) is 0.600. The van der Waals surface area contributed by atoms with Crippen LogP contribution in [0.4, 0.5) is 0 Å². The average molecular weight is 196 g/mol. The summed E-state index contributed by atoms with van der Waals surface area (Å²) < 4.78 is 4.88. The van der Waals surface area contributed by atoms with Gasteiger partial charge in [-0.3, -0.25) is 4.79 Å². The number of nitrogens with one attached hydrogen (secondary N) is 1. The van der Waals surface area contributed by atoms with Crippen LogP contribution in [0.5, 0.6) is 0 Å². The first-order chi connectivity index (χ1) is 6.76. The summed E-state index contributed by atoms with van der Waals surface area (Å²) in [6.45, 7) is 11.7. The van der Waals surface area contributed by atoms with Crippen molar-refractivity contribution in [3.05, 3.63) is 23.4 Å². The van der Waals surface area contributed by atoms with Gasteiger partial charge in [0.2, 0.25) is 0 Å². The highest BCUT2D eigenvalue weighted by molar-refractivity contribution is 5.94. The molecule has 0 fully saturated rings. The lowest BCUT2D eigenvalue weighted by molar-refractivity contribution is -0.117. The Labute approximate surface area is 84.8 Å². The molecule has 4 nitrogen and oxygen atoms in total. The molecule has 0 spiro atoms. The molecule has 0 aliphatic heterocycles. The molecule has 0 unspecified atom stereocenters. The standard InChI is InChI=1S/C10H16N2O2/c1-4-6-7-12-10(13)9(11-3)8-14-5-2/h8H,4-7H2,1-2H3,(H,12,13)/b9-8+. The highest BCUT2D eigenvalue weighted by atomic mass is 16.5. The maximum absolute atomic E-state index is 11.3. The topological polar surface area (TPSA) is 42.7 Å². The predicted octanol–water partition coefficient (Wildman–Crippen LogP) is 1.70. The number of ether oxygens (including phenoxy) is 1. The van der Waals surface area contributed by atoms with E-state index in [1.54, 1.807) is 6.92 Å². The maximum atomic E-state index is 11.3. The summed E-state index contributed by atoms with van der Waals surface area (Å²) in [5, 5.41) is 2.64. The zero-order chi connectivity index (χ0) is 10.8. The lowest BCUT2D eigenvalue weighted by Gasteiger charge is -2.02. The number of hydrogen-bond acceptors (Lipinski definition) is 2. The van der Waals surface area contributed by atoms with E-state index in [2.05, 4.69) is 10.2 Å².